The van der Waals surface area contributed by atoms with Crippen LogP contribution >= 0.6 is 0 Å². The van der Waals surface area contributed by atoms with Crippen LogP contribution in [0.15, 0.2) is 0 Å². The summed E-state index contributed by atoms with van der Waals surface area (Å²) in [6, 6.07) is 0. The van der Waals surface area contributed by atoms with Gasteiger partial charge in [-0.2, -0.15) is 0 Å². The SMILES string of the molecule is O=[Si]([O-])[O-].O=[Si]([O-])[O-].[Hf+4].[Zr]. The minimum atomic E-state index is -3.63. The normalized spacial score (nSPS) is 4.80. The predicted octanol–water partition coefficient (Wildman–Crippen LogP) is -5.76. The molecular weight excluding hydrogens is 422 g/mol. The zero-order valence-corrected chi connectivity index (χ0v) is 12.5. The van der Waals surface area contributed by atoms with Crippen LogP contribution in [0.5, 0.6) is 0 Å². The van der Waals surface area contributed by atoms with Gasteiger partial charge in [-0.1, -0.05) is 0 Å². The number of rotatable bonds is 0. The molecule has 0 radical (unpaired) electrons. The van der Waals surface area contributed by atoms with Crippen LogP contribution < -0.4 is 19.2 Å². The Hall–Kier alpha value is 0.987. The Morgan fingerprint density at radius 3 is 0.800 bits per heavy atom. The maximum absolute atomic E-state index is 8.52. The minimum absolute atomic E-state index is 0. The summed E-state index contributed by atoms with van der Waals surface area (Å²) in [7, 11) is -7.26. The summed E-state index contributed by atoms with van der Waals surface area (Å²) in [5, 5.41) is 0. The van der Waals surface area contributed by atoms with Crippen LogP contribution in [-0.2, 0) is 61.0 Å². The molecule has 0 aromatic heterocycles. The first-order chi connectivity index (χ1) is 3.46. The van der Waals surface area contributed by atoms with Crippen LogP contribution in [0.25, 0.3) is 0 Å². The molecule has 0 rings (SSSR count). The van der Waals surface area contributed by atoms with Gasteiger partial charge in [0, 0.05) is 44.5 Å². The topological polar surface area (TPSA) is 126 Å². The first kappa shape index (κ1) is 22.4. The van der Waals surface area contributed by atoms with Gasteiger partial charge in [-0.25, -0.2) is 0 Å². The van der Waals surface area contributed by atoms with Crippen LogP contribution in [0.1, 0.15) is 0 Å². The van der Waals surface area contributed by atoms with Crippen molar-refractivity contribution in [1.29, 1.82) is 0 Å². The summed E-state index contributed by atoms with van der Waals surface area (Å²) in [6.07, 6.45) is 0. The van der Waals surface area contributed by atoms with Crippen molar-refractivity contribution in [3.8, 4) is 0 Å². The third-order valence-corrected chi connectivity index (χ3v) is 0. The molecule has 0 aliphatic carbocycles. The van der Waals surface area contributed by atoms with Gasteiger partial charge in [-0.15, -0.1) is 0 Å². The average Bonchev–Trinajstić information content (AvgIpc) is 1.25. The first-order valence-electron chi connectivity index (χ1n) is 1.22. The molecule has 0 unspecified atom stereocenters. The molecule has 0 aliphatic rings. The van der Waals surface area contributed by atoms with E-state index in [1.54, 1.807) is 0 Å². The van der Waals surface area contributed by atoms with Crippen molar-refractivity contribution in [2.45, 2.75) is 0 Å². The molecule has 0 fully saturated rings. The van der Waals surface area contributed by atoms with E-state index in [1.165, 1.54) is 0 Å². The van der Waals surface area contributed by atoms with E-state index in [0.29, 0.717) is 0 Å². The van der Waals surface area contributed by atoms with Gasteiger partial charge in [0.1, 0.15) is 0 Å². The van der Waals surface area contributed by atoms with Crippen LogP contribution in [0, 0.1) is 0 Å². The molecule has 0 bridgehead atoms. The molecule has 0 aliphatic heterocycles. The van der Waals surface area contributed by atoms with Crippen molar-refractivity contribution in [2.75, 3.05) is 0 Å². The minimum Gasteiger partial charge on any atom is -0.672 e. The molecule has 0 N–H and O–H groups in total. The van der Waals surface area contributed by atoms with Gasteiger partial charge >= 0.3 is 25.8 Å². The van der Waals surface area contributed by atoms with E-state index in [1.807, 2.05) is 0 Å². The van der Waals surface area contributed by atoms with E-state index < -0.39 is 18.3 Å². The van der Waals surface area contributed by atoms with Crippen molar-refractivity contribution in [3.63, 3.8) is 0 Å². The summed E-state index contributed by atoms with van der Waals surface area (Å²) >= 11 is 0. The van der Waals surface area contributed by atoms with Crippen molar-refractivity contribution >= 4 is 18.3 Å². The van der Waals surface area contributed by atoms with Crippen LogP contribution in [0.2, 0.25) is 0 Å². The molecule has 0 heterocycles. The van der Waals surface area contributed by atoms with Crippen molar-refractivity contribution in [1.82, 2.24) is 0 Å². The van der Waals surface area contributed by atoms with E-state index in [-0.39, 0.29) is 52.0 Å². The molecular formula is HfO6Si2Zr. The first-order valence-corrected chi connectivity index (χ1v) is 3.67. The van der Waals surface area contributed by atoms with Gasteiger partial charge in [0.25, 0.3) is 0 Å². The summed E-state index contributed by atoms with van der Waals surface area (Å²) < 4.78 is 17.0. The second-order valence-corrected chi connectivity index (χ2v) is 1.50. The summed E-state index contributed by atoms with van der Waals surface area (Å²) in [5.74, 6) is 0. The molecule has 0 aromatic carbocycles. The fourth-order valence-electron chi connectivity index (χ4n) is 0. The Balaban J connectivity index is -0.0000000300. The molecule has 10 heteroatoms. The summed E-state index contributed by atoms with van der Waals surface area (Å²) in [6.45, 7) is 0. The van der Waals surface area contributed by atoms with Crippen LogP contribution in [0.4, 0.5) is 0 Å². The van der Waals surface area contributed by atoms with E-state index in [0.717, 1.165) is 0 Å². The smallest absolute Gasteiger partial charge is 0.672 e. The van der Waals surface area contributed by atoms with E-state index in [9.17, 15) is 0 Å². The maximum Gasteiger partial charge on any atom is 4.00 e. The Kier molecular flexibility index (Phi) is 37.1. The zero-order valence-electron chi connectivity index (χ0n) is 4.45. The number of hydrogen-bond donors (Lipinski definition) is 0. The molecule has 0 amide bonds. The van der Waals surface area contributed by atoms with Crippen molar-refractivity contribution in [2.24, 2.45) is 0 Å². The Morgan fingerprint density at radius 2 is 0.800 bits per heavy atom. The van der Waals surface area contributed by atoms with Crippen molar-refractivity contribution < 1.29 is 80.2 Å². The zero-order chi connectivity index (χ0) is 7.15. The van der Waals surface area contributed by atoms with Gasteiger partial charge in [0.15, 0.2) is 0 Å². The molecule has 0 saturated carbocycles. The molecule has 6 nitrogen and oxygen atoms in total. The summed E-state index contributed by atoms with van der Waals surface area (Å²) in [5.41, 5.74) is 0. The van der Waals surface area contributed by atoms with Gasteiger partial charge in [-0.05, 0) is 0 Å². The fraction of sp³-hybridized carbons (Fsp3) is 0. The standard InChI is InChI=1S/Hf.2O3Si.Zr/c;2*1-4(2)3;/q+4;2*-2;. The molecule has 52 valence electrons. The Morgan fingerprint density at radius 1 is 0.800 bits per heavy atom. The van der Waals surface area contributed by atoms with Gasteiger partial charge < -0.3 is 28.1 Å². The van der Waals surface area contributed by atoms with Gasteiger partial charge in [0.05, 0.1) is 0 Å². The molecule has 0 aromatic rings. The fourth-order valence-corrected chi connectivity index (χ4v) is 0. The van der Waals surface area contributed by atoms with Crippen molar-refractivity contribution in [3.05, 3.63) is 0 Å². The van der Waals surface area contributed by atoms with E-state index in [2.05, 4.69) is 0 Å². The summed E-state index contributed by atoms with van der Waals surface area (Å²) in [4.78, 5) is 34.1. The number of hydrogen-bond acceptors (Lipinski definition) is 6. The monoisotopic (exact) mass is 422 g/mol. The van der Waals surface area contributed by atoms with E-state index in [4.69, 9.17) is 28.1 Å². The molecule has 0 atom stereocenters. The van der Waals surface area contributed by atoms with Crippen LogP contribution in [-0.4, -0.2) is 18.3 Å². The third-order valence-electron chi connectivity index (χ3n) is 0. The van der Waals surface area contributed by atoms with Gasteiger partial charge in [-0.3, -0.25) is 0 Å². The Labute approximate surface area is 97.6 Å². The second kappa shape index (κ2) is 16.5. The maximum atomic E-state index is 8.52. The van der Waals surface area contributed by atoms with Crippen LogP contribution in [0.3, 0.4) is 0 Å². The third kappa shape index (κ3) is 588. The molecule has 10 heavy (non-hydrogen) atoms. The Bertz CT molecular complexity index is 73.7. The predicted molar refractivity (Wildman–Crippen MR) is 12.9 cm³/mol. The molecule has 0 saturated heterocycles. The van der Waals surface area contributed by atoms with Gasteiger partial charge in [0.2, 0.25) is 0 Å². The second-order valence-electron chi connectivity index (χ2n) is 0.500. The van der Waals surface area contributed by atoms with E-state index >= 15 is 0 Å². The molecule has 0 spiro atoms. The quantitative estimate of drug-likeness (QED) is 0.359. The average molecular weight is 422 g/mol. The largest absolute Gasteiger partial charge is 4.00 e.